The van der Waals surface area contributed by atoms with E-state index in [4.69, 9.17) is 10.2 Å². The molecule has 0 saturated carbocycles. The molecule has 4 aromatic heterocycles. The Labute approximate surface area is 149 Å². The molecule has 0 bridgehead atoms. The first-order chi connectivity index (χ1) is 12.6. The number of furan rings is 1. The number of carbonyl (C=O) groups is 1. The van der Waals surface area contributed by atoms with E-state index < -0.39 is 18.3 Å². The Bertz CT molecular complexity index is 1140. The molecule has 4 heterocycles. The molecule has 0 unspecified atom stereocenters. The third-order valence-electron chi connectivity index (χ3n) is 3.63. The maximum atomic E-state index is 13.8. The van der Waals surface area contributed by atoms with Gasteiger partial charge in [-0.25, -0.2) is 23.7 Å². The van der Waals surface area contributed by atoms with Gasteiger partial charge in [0.1, 0.15) is 28.8 Å². The molecule has 0 aliphatic rings. The number of ketones is 1. The minimum absolute atomic E-state index is 0.139. The third kappa shape index (κ3) is 2.72. The molecule has 4 rings (SSSR count). The number of carbonyl (C=O) groups excluding carboxylic acids is 1. The van der Waals surface area contributed by atoms with Crippen molar-refractivity contribution >= 4 is 33.2 Å². The van der Waals surface area contributed by atoms with Crippen LogP contribution >= 0.6 is 11.3 Å². The summed E-state index contributed by atoms with van der Waals surface area (Å²) in [6, 6.07) is 7.09. The second-order valence-corrected chi connectivity index (χ2v) is 6.36. The van der Waals surface area contributed by atoms with Crippen molar-refractivity contribution < 1.29 is 18.0 Å². The average molecular weight is 372 g/mol. The summed E-state index contributed by atoms with van der Waals surface area (Å²) < 4.78 is 31.7. The first kappa shape index (κ1) is 16.3. The number of nitrogens with two attached hydrogens (primary N) is 1. The molecule has 0 amide bonds. The van der Waals surface area contributed by atoms with Crippen LogP contribution in [0.2, 0.25) is 0 Å². The van der Waals surface area contributed by atoms with E-state index in [0.717, 1.165) is 11.3 Å². The van der Waals surface area contributed by atoms with Crippen molar-refractivity contribution in [3.05, 3.63) is 58.7 Å². The topological polar surface area (TPSA) is 94.9 Å². The highest BCUT2D eigenvalue weighted by Crippen LogP contribution is 2.31. The number of halogens is 2. The number of nitrogen functional groups attached to an aromatic ring is 1. The molecule has 9 heteroatoms. The van der Waals surface area contributed by atoms with Crippen molar-refractivity contribution in [2.45, 2.75) is 6.67 Å². The lowest BCUT2D eigenvalue weighted by Crippen LogP contribution is -2.04. The SMILES string of the molecule is Nc1nc(-c2ccc(CF)o2)nc2sc(C(=O)c3ncccc3F)cc12. The van der Waals surface area contributed by atoms with E-state index in [0.29, 0.717) is 10.2 Å². The fraction of sp³-hybridized carbons (Fsp3) is 0.0588. The minimum atomic E-state index is -0.745. The van der Waals surface area contributed by atoms with Gasteiger partial charge in [-0.3, -0.25) is 4.79 Å². The molecule has 0 aliphatic carbocycles. The fourth-order valence-electron chi connectivity index (χ4n) is 2.40. The number of rotatable bonds is 4. The average Bonchev–Trinajstić information content (AvgIpc) is 3.28. The van der Waals surface area contributed by atoms with Crippen LogP contribution in [0.3, 0.4) is 0 Å². The molecular formula is C17H10F2N4O2S. The number of alkyl halides is 1. The first-order valence-corrected chi connectivity index (χ1v) is 8.26. The fourth-order valence-corrected chi connectivity index (χ4v) is 3.38. The molecule has 26 heavy (non-hydrogen) atoms. The molecule has 0 aromatic carbocycles. The summed E-state index contributed by atoms with van der Waals surface area (Å²) in [5, 5.41) is 0.468. The molecule has 0 saturated heterocycles. The molecular weight excluding hydrogens is 362 g/mol. The molecule has 130 valence electrons. The van der Waals surface area contributed by atoms with Crippen molar-refractivity contribution in [3.8, 4) is 11.6 Å². The molecule has 4 aromatic rings. The first-order valence-electron chi connectivity index (χ1n) is 7.44. The van der Waals surface area contributed by atoms with Crippen LogP contribution in [0.15, 0.2) is 40.9 Å². The molecule has 2 N–H and O–H groups in total. The van der Waals surface area contributed by atoms with Gasteiger partial charge >= 0.3 is 0 Å². The highest BCUT2D eigenvalue weighted by molar-refractivity contribution is 7.20. The molecule has 0 atom stereocenters. The van der Waals surface area contributed by atoms with Crippen LogP contribution in [0.5, 0.6) is 0 Å². The number of thiophene rings is 1. The Morgan fingerprint density at radius 1 is 1.27 bits per heavy atom. The lowest BCUT2D eigenvalue weighted by atomic mass is 10.2. The van der Waals surface area contributed by atoms with Crippen LogP contribution < -0.4 is 5.73 Å². The minimum Gasteiger partial charge on any atom is -0.455 e. The number of aromatic nitrogens is 3. The number of nitrogens with zero attached hydrogens (tertiary/aromatic N) is 3. The van der Waals surface area contributed by atoms with Crippen molar-refractivity contribution in [1.29, 1.82) is 0 Å². The second kappa shape index (κ2) is 6.26. The number of hydrogen-bond acceptors (Lipinski definition) is 7. The zero-order valence-electron chi connectivity index (χ0n) is 13.1. The highest BCUT2D eigenvalue weighted by Gasteiger charge is 2.20. The number of anilines is 1. The third-order valence-corrected chi connectivity index (χ3v) is 4.66. The summed E-state index contributed by atoms with van der Waals surface area (Å²) in [6.07, 6.45) is 1.34. The maximum absolute atomic E-state index is 13.8. The maximum Gasteiger partial charge on any atom is 0.224 e. The lowest BCUT2D eigenvalue weighted by Gasteiger charge is -1.99. The van der Waals surface area contributed by atoms with Gasteiger partial charge in [0.2, 0.25) is 5.78 Å². The normalized spacial score (nSPS) is 11.2. The van der Waals surface area contributed by atoms with Gasteiger partial charge in [-0.2, -0.15) is 0 Å². The Hall–Kier alpha value is -3.20. The standard InChI is InChI=1S/C17H10F2N4O2S/c18-7-8-3-4-11(25-8)16-22-15(20)9-6-12(26-17(9)23-16)14(24)13-10(19)2-1-5-21-13/h1-6H,7H2,(H2,20,22,23). The van der Waals surface area contributed by atoms with E-state index in [1.165, 1.54) is 30.5 Å². The van der Waals surface area contributed by atoms with Crippen molar-refractivity contribution in [1.82, 2.24) is 15.0 Å². The van der Waals surface area contributed by atoms with E-state index >= 15 is 0 Å². The van der Waals surface area contributed by atoms with Crippen LogP contribution in [-0.2, 0) is 6.67 Å². The largest absolute Gasteiger partial charge is 0.455 e. The predicted octanol–water partition coefficient (Wildman–Crippen LogP) is 3.77. The highest BCUT2D eigenvalue weighted by atomic mass is 32.1. The quantitative estimate of drug-likeness (QED) is 0.548. The van der Waals surface area contributed by atoms with Gasteiger partial charge < -0.3 is 10.2 Å². The summed E-state index contributed by atoms with van der Waals surface area (Å²) in [6.45, 7) is -0.745. The van der Waals surface area contributed by atoms with E-state index in [1.807, 2.05) is 0 Å². The summed E-state index contributed by atoms with van der Waals surface area (Å²) >= 11 is 1.04. The summed E-state index contributed by atoms with van der Waals surface area (Å²) in [7, 11) is 0. The zero-order chi connectivity index (χ0) is 18.3. The summed E-state index contributed by atoms with van der Waals surface area (Å²) in [5.74, 6) is -0.536. The molecule has 6 nitrogen and oxygen atoms in total. The van der Waals surface area contributed by atoms with Crippen LogP contribution in [-0.4, -0.2) is 20.7 Å². The van der Waals surface area contributed by atoms with E-state index in [2.05, 4.69) is 15.0 Å². The van der Waals surface area contributed by atoms with Gasteiger partial charge in [-0.15, -0.1) is 11.3 Å². The van der Waals surface area contributed by atoms with E-state index in [-0.39, 0.29) is 33.7 Å². The van der Waals surface area contributed by atoms with E-state index in [9.17, 15) is 13.6 Å². The van der Waals surface area contributed by atoms with Gasteiger partial charge in [0.25, 0.3) is 0 Å². The van der Waals surface area contributed by atoms with Crippen LogP contribution in [0.1, 0.15) is 21.1 Å². The van der Waals surface area contributed by atoms with Gasteiger partial charge in [-0.1, -0.05) is 0 Å². The van der Waals surface area contributed by atoms with Gasteiger partial charge in [-0.05, 0) is 30.3 Å². The Morgan fingerprint density at radius 2 is 2.12 bits per heavy atom. The molecule has 0 aliphatic heterocycles. The number of pyridine rings is 1. The Morgan fingerprint density at radius 3 is 2.85 bits per heavy atom. The van der Waals surface area contributed by atoms with Crippen LogP contribution in [0.25, 0.3) is 21.8 Å². The van der Waals surface area contributed by atoms with Crippen molar-refractivity contribution in [3.63, 3.8) is 0 Å². The second-order valence-electron chi connectivity index (χ2n) is 5.32. The van der Waals surface area contributed by atoms with Crippen molar-refractivity contribution in [2.24, 2.45) is 0 Å². The van der Waals surface area contributed by atoms with E-state index in [1.54, 1.807) is 6.07 Å². The van der Waals surface area contributed by atoms with Gasteiger partial charge in [0.05, 0.1) is 10.3 Å². The van der Waals surface area contributed by atoms with Crippen LogP contribution in [0, 0.1) is 5.82 Å². The summed E-state index contributed by atoms with van der Waals surface area (Å²) in [4.78, 5) is 25.4. The van der Waals surface area contributed by atoms with Crippen LogP contribution in [0.4, 0.5) is 14.6 Å². The van der Waals surface area contributed by atoms with Gasteiger partial charge in [0, 0.05) is 6.20 Å². The number of hydrogen-bond donors (Lipinski definition) is 1. The molecule has 0 spiro atoms. The number of fused-ring (bicyclic) bond motifs is 1. The predicted molar refractivity (Wildman–Crippen MR) is 92.0 cm³/mol. The Kier molecular flexibility index (Phi) is 3.92. The lowest BCUT2D eigenvalue weighted by molar-refractivity contribution is 0.103. The zero-order valence-corrected chi connectivity index (χ0v) is 13.9. The molecule has 0 radical (unpaired) electrons. The van der Waals surface area contributed by atoms with Gasteiger partial charge in [0.15, 0.2) is 17.4 Å². The van der Waals surface area contributed by atoms with Crippen molar-refractivity contribution in [2.75, 3.05) is 5.73 Å². The smallest absolute Gasteiger partial charge is 0.224 e. The monoisotopic (exact) mass is 372 g/mol. The molecule has 0 fully saturated rings. The summed E-state index contributed by atoms with van der Waals surface area (Å²) in [5.41, 5.74) is 5.68. The Balaban J connectivity index is 1.79.